The van der Waals surface area contributed by atoms with E-state index >= 15 is 0 Å². The van der Waals surface area contributed by atoms with Gasteiger partial charge in [0.25, 0.3) is 0 Å². The van der Waals surface area contributed by atoms with Gasteiger partial charge in [-0.05, 0) is 11.6 Å². The van der Waals surface area contributed by atoms with Gasteiger partial charge in [0, 0.05) is 23.5 Å². The number of benzene rings is 1. The molecule has 2 rings (SSSR count). The number of aliphatic carboxylic acids is 1. The van der Waals surface area contributed by atoms with Crippen LogP contribution in [0.15, 0.2) is 30.5 Å². The molecule has 0 aliphatic heterocycles. The van der Waals surface area contributed by atoms with Crippen LogP contribution >= 0.6 is 0 Å². The van der Waals surface area contributed by atoms with Crippen molar-refractivity contribution in [1.29, 1.82) is 5.41 Å². The van der Waals surface area contributed by atoms with Crippen LogP contribution in [-0.4, -0.2) is 16.7 Å². The Morgan fingerprint density at radius 3 is 2.87 bits per heavy atom. The van der Waals surface area contributed by atoms with Crippen molar-refractivity contribution in [1.82, 2.24) is 4.98 Å². The van der Waals surface area contributed by atoms with Gasteiger partial charge in [0.1, 0.15) is 0 Å². The highest BCUT2D eigenvalue weighted by atomic mass is 16.4. The smallest absolute Gasteiger partial charge is 0.0854 e. The molecule has 0 atom stereocenters. The van der Waals surface area contributed by atoms with E-state index in [2.05, 4.69) is 4.98 Å². The highest BCUT2D eigenvalue weighted by Crippen LogP contribution is 2.18. The number of aromatic amines is 1. The number of aromatic nitrogens is 1. The molecule has 2 aromatic rings. The summed E-state index contributed by atoms with van der Waals surface area (Å²) in [7, 11) is 0. The second kappa shape index (κ2) is 3.57. The van der Waals surface area contributed by atoms with Gasteiger partial charge in [-0.1, -0.05) is 18.2 Å². The number of para-hydroxylation sites is 1. The number of H-pyrrole nitrogens is 1. The van der Waals surface area contributed by atoms with Crippen molar-refractivity contribution in [2.75, 3.05) is 0 Å². The fourth-order valence-electron chi connectivity index (χ4n) is 1.54. The maximum atomic E-state index is 10.4. The summed E-state index contributed by atoms with van der Waals surface area (Å²) in [4.78, 5) is 13.4. The van der Waals surface area contributed by atoms with Gasteiger partial charge in [0.15, 0.2) is 0 Å². The van der Waals surface area contributed by atoms with E-state index in [1.54, 1.807) is 6.20 Å². The maximum absolute atomic E-state index is 10.4. The molecule has 4 nitrogen and oxygen atoms in total. The van der Waals surface area contributed by atoms with Crippen LogP contribution in [0.2, 0.25) is 0 Å². The average molecular weight is 201 g/mol. The number of fused-ring (bicyclic) bond motifs is 1. The Bertz CT molecular complexity index is 528. The molecule has 0 bridgehead atoms. The van der Waals surface area contributed by atoms with Crippen molar-refractivity contribution in [3.8, 4) is 0 Å². The highest BCUT2D eigenvalue weighted by molar-refractivity contribution is 6.33. The molecule has 0 saturated heterocycles. The van der Waals surface area contributed by atoms with Gasteiger partial charge in [0.05, 0.1) is 11.7 Å². The summed E-state index contributed by atoms with van der Waals surface area (Å²) in [5.74, 6) is -1.42. The van der Waals surface area contributed by atoms with Crippen LogP contribution in [0.1, 0.15) is 5.56 Å². The lowest BCUT2D eigenvalue weighted by Gasteiger charge is -2.02. The van der Waals surface area contributed by atoms with E-state index in [-0.39, 0.29) is 6.42 Å². The summed E-state index contributed by atoms with van der Waals surface area (Å²) in [6.07, 6.45) is 1.81. The van der Waals surface area contributed by atoms with Gasteiger partial charge in [-0.15, -0.1) is 0 Å². The van der Waals surface area contributed by atoms with Crippen LogP contribution in [0.5, 0.6) is 0 Å². The second-order valence-electron chi connectivity index (χ2n) is 3.30. The molecular weight excluding hydrogens is 192 g/mol. The van der Waals surface area contributed by atoms with Gasteiger partial charge in [-0.3, -0.25) is 0 Å². The van der Waals surface area contributed by atoms with Crippen LogP contribution in [0, 0.1) is 5.41 Å². The molecule has 2 N–H and O–H groups in total. The average Bonchev–Trinajstić information content (AvgIpc) is 2.62. The molecule has 15 heavy (non-hydrogen) atoms. The van der Waals surface area contributed by atoms with Crippen LogP contribution in [0.4, 0.5) is 0 Å². The predicted octanol–water partition coefficient (Wildman–Crippen LogP) is 0.480. The first-order valence-corrected chi connectivity index (χ1v) is 4.52. The molecule has 0 aliphatic carbocycles. The van der Waals surface area contributed by atoms with Crippen molar-refractivity contribution in [2.24, 2.45) is 0 Å². The van der Waals surface area contributed by atoms with Crippen molar-refractivity contribution in [2.45, 2.75) is 6.42 Å². The Balaban J connectivity index is 2.37. The van der Waals surface area contributed by atoms with E-state index in [9.17, 15) is 9.90 Å². The molecule has 0 spiro atoms. The van der Waals surface area contributed by atoms with Gasteiger partial charge in [0.2, 0.25) is 0 Å². The minimum atomic E-state index is -1.42. The molecule has 0 fully saturated rings. The third kappa shape index (κ3) is 1.74. The van der Waals surface area contributed by atoms with Crippen molar-refractivity contribution in [3.63, 3.8) is 0 Å². The summed E-state index contributed by atoms with van der Waals surface area (Å²) in [5, 5.41) is 18.6. The molecule has 0 aliphatic rings. The molecule has 76 valence electrons. The molecule has 0 saturated carbocycles. The van der Waals surface area contributed by atoms with E-state index in [0.29, 0.717) is 0 Å². The number of carboxylic acids is 1. The normalized spacial score (nSPS) is 10.4. The fraction of sp³-hybridized carbons (Fsp3) is 0.0909. The monoisotopic (exact) mass is 201 g/mol. The molecule has 1 aromatic heterocycles. The number of carboxylic acid groups (broad SMARTS) is 1. The Hall–Kier alpha value is -2.10. The second-order valence-corrected chi connectivity index (χ2v) is 3.30. The first-order valence-electron chi connectivity index (χ1n) is 4.52. The summed E-state index contributed by atoms with van der Waals surface area (Å²) in [6.45, 7) is 0. The first kappa shape index (κ1) is 9.45. The zero-order chi connectivity index (χ0) is 10.8. The molecule has 1 aromatic carbocycles. The molecule has 1 heterocycles. The van der Waals surface area contributed by atoms with Crippen LogP contribution in [0.3, 0.4) is 0 Å². The van der Waals surface area contributed by atoms with Crippen molar-refractivity contribution < 1.29 is 9.90 Å². The summed E-state index contributed by atoms with van der Waals surface area (Å²) in [5.41, 5.74) is 1.35. The topological polar surface area (TPSA) is 79.8 Å². The molecule has 0 unspecified atom stereocenters. The van der Waals surface area contributed by atoms with E-state index < -0.39 is 11.7 Å². The Morgan fingerprint density at radius 1 is 1.40 bits per heavy atom. The van der Waals surface area contributed by atoms with E-state index in [1.807, 2.05) is 24.3 Å². The SMILES string of the molecule is N=C(Cc1c[nH]c2ccccc12)C(=O)[O-]. The highest BCUT2D eigenvalue weighted by Gasteiger charge is 2.05. The Morgan fingerprint density at radius 2 is 2.13 bits per heavy atom. The third-order valence-electron chi connectivity index (χ3n) is 2.29. The van der Waals surface area contributed by atoms with E-state index in [1.165, 1.54) is 0 Å². The molecule has 0 radical (unpaired) electrons. The number of carbonyl (C=O) groups is 1. The zero-order valence-electron chi connectivity index (χ0n) is 7.91. The van der Waals surface area contributed by atoms with E-state index in [0.717, 1.165) is 16.5 Å². The summed E-state index contributed by atoms with van der Waals surface area (Å²) in [6, 6.07) is 7.57. The molecule has 0 amide bonds. The maximum Gasteiger partial charge on any atom is 0.0854 e. The largest absolute Gasteiger partial charge is 0.543 e. The van der Waals surface area contributed by atoms with Crippen LogP contribution in [0.25, 0.3) is 10.9 Å². The predicted molar refractivity (Wildman–Crippen MR) is 54.7 cm³/mol. The lowest BCUT2D eigenvalue weighted by molar-refractivity contribution is -0.294. The minimum absolute atomic E-state index is 0.0896. The number of hydrogen-bond donors (Lipinski definition) is 2. The molecular formula is C11H9N2O2-. The molecule has 4 heteroatoms. The lowest BCUT2D eigenvalue weighted by Crippen LogP contribution is -2.32. The summed E-state index contributed by atoms with van der Waals surface area (Å²) >= 11 is 0. The number of carbonyl (C=O) groups excluding carboxylic acids is 1. The lowest BCUT2D eigenvalue weighted by atomic mass is 10.1. The van der Waals surface area contributed by atoms with Crippen molar-refractivity contribution >= 4 is 22.6 Å². The fourth-order valence-corrected chi connectivity index (χ4v) is 1.54. The third-order valence-corrected chi connectivity index (χ3v) is 2.29. The number of rotatable bonds is 3. The van der Waals surface area contributed by atoms with Gasteiger partial charge in [-0.2, -0.15) is 0 Å². The summed E-state index contributed by atoms with van der Waals surface area (Å²) < 4.78 is 0. The van der Waals surface area contributed by atoms with E-state index in [4.69, 9.17) is 5.41 Å². The van der Waals surface area contributed by atoms with Crippen molar-refractivity contribution in [3.05, 3.63) is 36.0 Å². The number of nitrogens with one attached hydrogen (secondary N) is 2. The van der Waals surface area contributed by atoms with Gasteiger partial charge in [-0.25, -0.2) is 0 Å². The first-order chi connectivity index (χ1) is 7.18. The van der Waals surface area contributed by atoms with Gasteiger partial charge < -0.3 is 20.3 Å². The number of hydrogen-bond acceptors (Lipinski definition) is 3. The van der Waals surface area contributed by atoms with Crippen LogP contribution in [-0.2, 0) is 11.2 Å². The van der Waals surface area contributed by atoms with Gasteiger partial charge >= 0.3 is 0 Å². The Kier molecular flexibility index (Phi) is 2.25. The quantitative estimate of drug-likeness (QED) is 0.708. The standard InChI is InChI=1S/C11H10N2O2/c12-9(11(14)15)5-7-6-13-10-4-2-1-3-8(7)10/h1-4,6,12-13H,5H2,(H,14,15)/p-1. The minimum Gasteiger partial charge on any atom is -0.543 e. The Labute approximate surface area is 86.1 Å². The van der Waals surface area contributed by atoms with Crippen LogP contribution < -0.4 is 5.11 Å². The zero-order valence-corrected chi connectivity index (χ0v) is 7.91.